The number of aliphatic hydroxyl groups excluding tert-OH is 11. The van der Waals surface area contributed by atoms with Gasteiger partial charge in [0.15, 0.2) is 18.9 Å². The molecular formula is C54H95NO18. The maximum atomic E-state index is 13.3. The lowest BCUT2D eigenvalue weighted by atomic mass is 9.96. The summed E-state index contributed by atoms with van der Waals surface area (Å²) in [6.07, 6.45) is 12.1. The molecule has 0 bridgehead atoms. The van der Waals surface area contributed by atoms with Crippen LogP contribution in [0, 0.1) is 0 Å². The van der Waals surface area contributed by atoms with E-state index in [-0.39, 0.29) is 18.9 Å². The molecule has 3 aliphatic heterocycles. The maximum absolute atomic E-state index is 13.3. The highest BCUT2D eigenvalue weighted by Crippen LogP contribution is 2.33. The van der Waals surface area contributed by atoms with Crippen molar-refractivity contribution in [2.45, 2.75) is 259 Å². The number of amides is 1. The Morgan fingerprint density at radius 3 is 1.48 bits per heavy atom. The van der Waals surface area contributed by atoms with E-state index in [1.54, 1.807) is 0 Å². The zero-order valence-corrected chi connectivity index (χ0v) is 43.6. The van der Waals surface area contributed by atoms with Crippen molar-refractivity contribution in [3.8, 4) is 0 Å². The summed E-state index contributed by atoms with van der Waals surface area (Å²) in [6.45, 7) is 1.60. The summed E-state index contributed by atoms with van der Waals surface area (Å²) in [6, 6.07) is -0.899. The molecule has 3 fully saturated rings. The van der Waals surface area contributed by atoms with Crippen LogP contribution in [0.5, 0.6) is 0 Å². The molecule has 73 heavy (non-hydrogen) atoms. The Labute approximate surface area is 433 Å². The monoisotopic (exact) mass is 1050 g/mol. The van der Waals surface area contributed by atoms with Crippen molar-refractivity contribution < 1.29 is 89.4 Å². The third-order valence-electron chi connectivity index (χ3n) is 13.7. The van der Waals surface area contributed by atoms with Crippen LogP contribution in [0.1, 0.15) is 155 Å². The fraction of sp³-hybridized carbons (Fsp3) is 0.833. The second-order valence-corrected chi connectivity index (χ2v) is 19.7. The summed E-state index contributed by atoms with van der Waals surface area (Å²) in [4.78, 5) is 13.3. The highest BCUT2D eigenvalue weighted by Gasteiger charge is 2.53. The lowest BCUT2D eigenvalue weighted by Crippen LogP contribution is -2.66. The predicted octanol–water partition coefficient (Wildman–Crippen LogP) is 3.14. The van der Waals surface area contributed by atoms with Crippen LogP contribution in [-0.4, -0.2) is 193 Å². The van der Waals surface area contributed by atoms with Gasteiger partial charge in [-0.05, 0) is 51.4 Å². The Balaban J connectivity index is 1.53. The van der Waals surface area contributed by atoms with Gasteiger partial charge in [-0.1, -0.05) is 146 Å². The number of hydrogen-bond donors (Lipinski definition) is 12. The van der Waals surface area contributed by atoms with E-state index in [2.05, 4.69) is 67.8 Å². The van der Waals surface area contributed by atoms with Crippen LogP contribution in [0.4, 0.5) is 0 Å². The highest BCUT2D eigenvalue weighted by molar-refractivity contribution is 5.76. The minimum atomic E-state index is -1.97. The molecule has 0 spiro atoms. The molecule has 19 nitrogen and oxygen atoms in total. The van der Waals surface area contributed by atoms with Crippen LogP contribution in [0.3, 0.4) is 0 Å². The van der Waals surface area contributed by atoms with Gasteiger partial charge in [0.1, 0.15) is 73.2 Å². The molecule has 1 amide bonds. The molecule has 17 unspecified atom stereocenters. The summed E-state index contributed by atoms with van der Waals surface area (Å²) in [5.41, 5.74) is 0. The molecule has 0 radical (unpaired) electrons. The lowest BCUT2D eigenvalue weighted by Gasteiger charge is -2.48. The smallest absolute Gasteiger partial charge is 0.220 e. The zero-order chi connectivity index (χ0) is 53.4. The van der Waals surface area contributed by atoms with E-state index in [9.17, 15) is 61.0 Å². The second kappa shape index (κ2) is 38.3. The molecular weight excluding hydrogens is 951 g/mol. The minimum Gasteiger partial charge on any atom is -0.394 e. The van der Waals surface area contributed by atoms with Gasteiger partial charge in [-0.25, -0.2) is 0 Å². The average molecular weight is 1050 g/mol. The van der Waals surface area contributed by atoms with Gasteiger partial charge < -0.3 is 89.9 Å². The van der Waals surface area contributed by atoms with Crippen molar-refractivity contribution in [3.63, 3.8) is 0 Å². The third kappa shape index (κ3) is 23.5. The summed E-state index contributed by atoms with van der Waals surface area (Å²) in [7, 11) is 0. The molecule has 0 aliphatic carbocycles. The average Bonchev–Trinajstić information content (AvgIpc) is 3.39. The Morgan fingerprint density at radius 1 is 0.507 bits per heavy atom. The van der Waals surface area contributed by atoms with Gasteiger partial charge in [0.25, 0.3) is 0 Å². The molecule has 12 N–H and O–H groups in total. The standard InChI is InChI=1S/C54H95NO18/c1-3-5-7-9-11-13-15-16-17-18-19-20-22-24-26-28-30-32-42(60)55-37(38(59)31-29-27-25-23-21-14-12-10-8-6-4-2)36-68-52-48(66)45(63)50(40(34-57)70-52)73-54-49(67)46(64)51(41(35-58)71-54)72-53-47(65)44(62)43(61)39(33-56)69-53/h5,7,11,13,16-17,19-20,37-41,43-54,56-59,61-67H,3-4,6,8-10,12,14-15,18,21-36H2,1-2H3,(H,55,60)/b7-5-,13-11-,17-16-,20-19-. The molecule has 3 aliphatic rings. The number of aliphatic hydroxyl groups is 11. The lowest BCUT2D eigenvalue weighted by molar-refractivity contribution is -0.379. The quantitative estimate of drug-likeness (QED) is 0.0312. The molecule has 3 saturated heterocycles. The van der Waals surface area contributed by atoms with E-state index < -0.39 is 124 Å². The first kappa shape index (κ1) is 65.0. The van der Waals surface area contributed by atoms with Crippen LogP contribution < -0.4 is 5.32 Å². The summed E-state index contributed by atoms with van der Waals surface area (Å²) in [5, 5.41) is 120. The number of nitrogens with one attached hydrogen (secondary N) is 1. The molecule has 17 atom stereocenters. The normalized spacial score (nSPS) is 32.1. The van der Waals surface area contributed by atoms with Crippen LogP contribution >= 0.6 is 0 Å². The van der Waals surface area contributed by atoms with E-state index in [0.29, 0.717) is 12.8 Å². The first-order valence-electron chi connectivity index (χ1n) is 27.4. The predicted molar refractivity (Wildman–Crippen MR) is 272 cm³/mol. The number of rotatable bonds is 38. The molecule has 0 aromatic carbocycles. The van der Waals surface area contributed by atoms with Crippen LogP contribution in [0.25, 0.3) is 0 Å². The fourth-order valence-electron chi connectivity index (χ4n) is 9.13. The molecule has 0 saturated carbocycles. The van der Waals surface area contributed by atoms with E-state index in [1.165, 1.54) is 44.9 Å². The summed E-state index contributed by atoms with van der Waals surface area (Å²) in [5.74, 6) is -0.271. The molecule has 0 aromatic rings. The molecule has 19 heteroatoms. The van der Waals surface area contributed by atoms with Gasteiger partial charge in [0, 0.05) is 6.42 Å². The van der Waals surface area contributed by atoms with Crippen molar-refractivity contribution >= 4 is 5.91 Å². The number of hydrogen-bond acceptors (Lipinski definition) is 18. The Hall–Kier alpha value is -2.25. The number of unbranched alkanes of at least 4 members (excludes halogenated alkanes) is 14. The summed E-state index contributed by atoms with van der Waals surface area (Å²) >= 11 is 0. The third-order valence-corrected chi connectivity index (χ3v) is 13.7. The van der Waals surface area contributed by atoms with Crippen molar-refractivity contribution in [1.29, 1.82) is 0 Å². The Bertz CT molecular complexity index is 1530. The number of ether oxygens (including phenoxy) is 6. The van der Waals surface area contributed by atoms with Crippen LogP contribution in [0.15, 0.2) is 48.6 Å². The van der Waals surface area contributed by atoms with E-state index in [4.69, 9.17) is 28.4 Å². The van der Waals surface area contributed by atoms with Crippen molar-refractivity contribution in [2.75, 3.05) is 26.4 Å². The molecule has 3 rings (SSSR count). The number of carbonyl (C=O) groups excluding carboxylic acids is 1. The number of carbonyl (C=O) groups is 1. The summed E-state index contributed by atoms with van der Waals surface area (Å²) < 4.78 is 34.2. The van der Waals surface area contributed by atoms with Gasteiger partial charge in [-0.15, -0.1) is 0 Å². The van der Waals surface area contributed by atoms with Crippen LogP contribution in [-0.2, 0) is 33.2 Å². The van der Waals surface area contributed by atoms with E-state index in [0.717, 1.165) is 77.0 Å². The number of allylic oxidation sites excluding steroid dienone is 8. The van der Waals surface area contributed by atoms with Gasteiger partial charge in [0.05, 0.1) is 38.6 Å². The topological polar surface area (TPSA) is 307 Å². The Kier molecular flexibility index (Phi) is 34.1. The maximum Gasteiger partial charge on any atom is 0.220 e. The van der Waals surface area contributed by atoms with Crippen molar-refractivity contribution in [1.82, 2.24) is 5.32 Å². The molecule has 0 aromatic heterocycles. The first-order valence-corrected chi connectivity index (χ1v) is 27.4. The molecule has 3 heterocycles. The first-order chi connectivity index (χ1) is 35.3. The fourth-order valence-corrected chi connectivity index (χ4v) is 9.13. The zero-order valence-electron chi connectivity index (χ0n) is 43.6. The Morgan fingerprint density at radius 2 is 0.945 bits per heavy atom. The van der Waals surface area contributed by atoms with Crippen molar-refractivity contribution in [3.05, 3.63) is 48.6 Å². The van der Waals surface area contributed by atoms with Crippen LogP contribution in [0.2, 0.25) is 0 Å². The van der Waals surface area contributed by atoms with Gasteiger partial charge in [0.2, 0.25) is 5.91 Å². The van der Waals surface area contributed by atoms with Gasteiger partial charge >= 0.3 is 0 Å². The minimum absolute atomic E-state index is 0.236. The van der Waals surface area contributed by atoms with Gasteiger partial charge in [-0.3, -0.25) is 4.79 Å². The van der Waals surface area contributed by atoms with E-state index >= 15 is 0 Å². The van der Waals surface area contributed by atoms with Crippen molar-refractivity contribution in [2.24, 2.45) is 0 Å². The highest BCUT2D eigenvalue weighted by atomic mass is 16.8. The van der Waals surface area contributed by atoms with Gasteiger partial charge in [-0.2, -0.15) is 0 Å². The molecule has 424 valence electrons. The second-order valence-electron chi connectivity index (χ2n) is 19.7. The largest absolute Gasteiger partial charge is 0.394 e. The SMILES string of the molecule is CC/C=C\C/C=C\C/C=C\C/C=C\CCCCCCC(=O)NC(COC1OC(CO)C(OC2OC(CO)C(OC3OC(CO)C(O)C(O)C3O)C(O)C2O)C(O)C1O)C(O)CCCCCCCCCCCCC. The van der Waals surface area contributed by atoms with E-state index in [1.807, 2.05) is 0 Å².